The molecule has 1 aromatic carbocycles. The van der Waals surface area contributed by atoms with Crippen molar-refractivity contribution in [3.05, 3.63) is 46.2 Å². The van der Waals surface area contributed by atoms with Gasteiger partial charge in [0.05, 0.1) is 18.1 Å². The number of ether oxygens (including phenoxy) is 2. The van der Waals surface area contributed by atoms with Gasteiger partial charge in [0.15, 0.2) is 11.5 Å². The van der Waals surface area contributed by atoms with Crippen molar-refractivity contribution in [3.8, 4) is 23.3 Å². The quantitative estimate of drug-likeness (QED) is 0.831. The van der Waals surface area contributed by atoms with Crippen molar-refractivity contribution in [2.45, 2.75) is 20.0 Å². The Hall–Kier alpha value is -1.96. The lowest BCUT2D eigenvalue weighted by Crippen LogP contribution is -1.98. The van der Waals surface area contributed by atoms with E-state index in [1.165, 1.54) is 0 Å². The molecule has 4 heteroatoms. The first-order chi connectivity index (χ1) is 10.3. The fourth-order valence-corrected chi connectivity index (χ4v) is 2.52. The Balaban J connectivity index is 1.96. The van der Waals surface area contributed by atoms with Crippen molar-refractivity contribution >= 4 is 11.3 Å². The number of aliphatic hydroxyl groups is 1. The SMILES string of the molecule is CCOc1ccccc1OCc1ccc(C#CCCO)s1. The molecule has 0 radical (unpaired) electrons. The highest BCUT2D eigenvalue weighted by Gasteiger charge is 2.05. The molecule has 21 heavy (non-hydrogen) atoms. The Morgan fingerprint density at radius 1 is 1.10 bits per heavy atom. The summed E-state index contributed by atoms with van der Waals surface area (Å²) in [4.78, 5) is 2.09. The number of hydrogen-bond acceptors (Lipinski definition) is 4. The lowest BCUT2D eigenvalue weighted by Gasteiger charge is -2.10. The monoisotopic (exact) mass is 302 g/mol. The second-order valence-electron chi connectivity index (χ2n) is 4.21. The Labute approximate surface area is 129 Å². The van der Waals surface area contributed by atoms with Crippen LogP contribution in [0.25, 0.3) is 0 Å². The minimum Gasteiger partial charge on any atom is -0.490 e. The van der Waals surface area contributed by atoms with E-state index >= 15 is 0 Å². The Morgan fingerprint density at radius 3 is 2.57 bits per heavy atom. The van der Waals surface area contributed by atoms with Crippen LogP contribution in [0.5, 0.6) is 11.5 Å². The van der Waals surface area contributed by atoms with Crippen molar-refractivity contribution < 1.29 is 14.6 Å². The van der Waals surface area contributed by atoms with Gasteiger partial charge in [-0.15, -0.1) is 11.3 Å². The van der Waals surface area contributed by atoms with Crippen LogP contribution in [0.2, 0.25) is 0 Å². The van der Waals surface area contributed by atoms with Crippen molar-refractivity contribution in [2.24, 2.45) is 0 Å². The molecule has 2 aromatic rings. The van der Waals surface area contributed by atoms with Crippen molar-refractivity contribution in [3.63, 3.8) is 0 Å². The highest BCUT2D eigenvalue weighted by molar-refractivity contribution is 7.12. The third kappa shape index (κ3) is 4.82. The van der Waals surface area contributed by atoms with Gasteiger partial charge in [0, 0.05) is 11.3 Å². The summed E-state index contributed by atoms with van der Waals surface area (Å²) >= 11 is 1.60. The molecule has 0 unspecified atom stereocenters. The summed E-state index contributed by atoms with van der Waals surface area (Å²) in [5.41, 5.74) is 0. The van der Waals surface area contributed by atoms with Crippen LogP contribution in [0.3, 0.4) is 0 Å². The van der Waals surface area contributed by atoms with Crippen molar-refractivity contribution in [1.29, 1.82) is 0 Å². The first-order valence-electron chi connectivity index (χ1n) is 6.86. The van der Waals surface area contributed by atoms with Crippen LogP contribution in [0.1, 0.15) is 23.1 Å². The number of aliphatic hydroxyl groups excluding tert-OH is 1. The second-order valence-corrected chi connectivity index (χ2v) is 5.38. The zero-order chi connectivity index (χ0) is 14.9. The van der Waals surface area contributed by atoms with Crippen LogP contribution in [0.15, 0.2) is 36.4 Å². The predicted octanol–water partition coefficient (Wildman–Crippen LogP) is 3.46. The summed E-state index contributed by atoms with van der Waals surface area (Å²) in [6.07, 6.45) is 0.505. The Kier molecular flexibility index (Phi) is 6.14. The molecule has 0 aliphatic heterocycles. The Bertz CT molecular complexity index is 622. The van der Waals surface area contributed by atoms with Gasteiger partial charge in [0.1, 0.15) is 6.61 Å². The number of benzene rings is 1. The first-order valence-corrected chi connectivity index (χ1v) is 7.68. The molecule has 1 heterocycles. The van der Waals surface area contributed by atoms with E-state index in [0.717, 1.165) is 21.3 Å². The van der Waals surface area contributed by atoms with Gasteiger partial charge in [-0.1, -0.05) is 24.0 Å². The fourth-order valence-electron chi connectivity index (χ4n) is 1.72. The highest BCUT2D eigenvalue weighted by Crippen LogP contribution is 2.28. The van der Waals surface area contributed by atoms with Gasteiger partial charge in [0.2, 0.25) is 0 Å². The van der Waals surface area contributed by atoms with Gasteiger partial charge >= 0.3 is 0 Å². The molecule has 3 nitrogen and oxygen atoms in total. The van der Waals surface area contributed by atoms with Gasteiger partial charge in [-0.2, -0.15) is 0 Å². The first kappa shape index (κ1) is 15.4. The number of hydrogen-bond donors (Lipinski definition) is 1. The van der Waals surface area contributed by atoms with E-state index in [9.17, 15) is 0 Å². The van der Waals surface area contributed by atoms with E-state index in [0.29, 0.717) is 19.6 Å². The second kappa shape index (κ2) is 8.35. The smallest absolute Gasteiger partial charge is 0.161 e. The van der Waals surface area contributed by atoms with Gasteiger partial charge in [-0.25, -0.2) is 0 Å². The lowest BCUT2D eigenvalue weighted by molar-refractivity contribution is 0.271. The molecule has 2 rings (SSSR count). The third-order valence-electron chi connectivity index (χ3n) is 2.63. The van der Waals surface area contributed by atoms with Crippen LogP contribution < -0.4 is 9.47 Å². The highest BCUT2D eigenvalue weighted by atomic mass is 32.1. The molecule has 0 saturated heterocycles. The molecular formula is C17H18O3S. The molecule has 0 fully saturated rings. The van der Waals surface area contributed by atoms with Crippen LogP contribution >= 0.6 is 11.3 Å². The number of rotatable bonds is 6. The molecule has 0 aliphatic carbocycles. The maximum atomic E-state index is 8.70. The van der Waals surface area contributed by atoms with E-state index < -0.39 is 0 Å². The fraction of sp³-hybridized carbons (Fsp3) is 0.294. The molecule has 0 amide bonds. The summed E-state index contributed by atoms with van der Waals surface area (Å²) in [7, 11) is 0. The molecule has 0 aliphatic rings. The van der Waals surface area contributed by atoms with E-state index in [1.807, 2.05) is 43.3 Å². The molecule has 1 aromatic heterocycles. The average molecular weight is 302 g/mol. The van der Waals surface area contributed by atoms with E-state index in [-0.39, 0.29) is 6.61 Å². The summed E-state index contributed by atoms with van der Waals surface area (Å²) < 4.78 is 11.3. The molecule has 110 valence electrons. The van der Waals surface area contributed by atoms with E-state index in [2.05, 4.69) is 11.8 Å². The minimum absolute atomic E-state index is 0.0998. The summed E-state index contributed by atoms with van der Waals surface area (Å²) in [6.45, 7) is 3.16. The van der Waals surface area contributed by atoms with Gasteiger partial charge < -0.3 is 14.6 Å². The molecule has 1 N–H and O–H groups in total. The largest absolute Gasteiger partial charge is 0.490 e. The molecule has 0 saturated carbocycles. The topological polar surface area (TPSA) is 38.7 Å². The van der Waals surface area contributed by atoms with Gasteiger partial charge in [-0.3, -0.25) is 0 Å². The minimum atomic E-state index is 0.0998. The van der Waals surface area contributed by atoms with Crippen LogP contribution in [0, 0.1) is 11.8 Å². The summed E-state index contributed by atoms with van der Waals surface area (Å²) in [5, 5.41) is 8.70. The Morgan fingerprint density at radius 2 is 1.86 bits per heavy atom. The van der Waals surface area contributed by atoms with Gasteiger partial charge in [0.25, 0.3) is 0 Å². The van der Waals surface area contributed by atoms with Crippen LogP contribution in [-0.4, -0.2) is 18.3 Å². The molecular weight excluding hydrogens is 284 g/mol. The van der Waals surface area contributed by atoms with Crippen LogP contribution in [-0.2, 0) is 6.61 Å². The normalized spacial score (nSPS) is 9.81. The number of thiophene rings is 1. The average Bonchev–Trinajstić information content (AvgIpc) is 2.95. The lowest BCUT2D eigenvalue weighted by atomic mass is 10.3. The third-order valence-corrected chi connectivity index (χ3v) is 3.60. The summed E-state index contributed by atoms with van der Waals surface area (Å²) in [5.74, 6) is 7.45. The standard InChI is InChI=1S/C17H18O3S/c1-2-19-16-8-3-4-9-17(16)20-13-15-11-10-14(21-15)7-5-6-12-18/h3-4,8-11,18H,2,6,12-13H2,1H3. The van der Waals surface area contributed by atoms with Crippen LogP contribution in [0.4, 0.5) is 0 Å². The molecule has 0 spiro atoms. The van der Waals surface area contributed by atoms with E-state index in [4.69, 9.17) is 14.6 Å². The van der Waals surface area contributed by atoms with Gasteiger partial charge in [-0.05, 0) is 31.2 Å². The maximum Gasteiger partial charge on any atom is 0.161 e. The molecule has 0 bridgehead atoms. The zero-order valence-electron chi connectivity index (χ0n) is 12.0. The predicted molar refractivity (Wildman–Crippen MR) is 84.8 cm³/mol. The van der Waals surface area contributed by atoms with Crippen molar-refractivity contribution in [2.75, 3.05) is 13.2 Å². The summed E-state index contributed by atoms with van der Waals surface area (Å²) in [6, 6.07) is 11.6. The zero-order valence-corrected chi connectivity index (χ0v) is 12.8. The maximum absolute atomic E-state index is 8.70. The number of para-hydroxylation sites is 2. The van der Waals surface area contributed by atoms with E-state index in [1.54, 1.807) is 11.3 Å². The molecule has 0 atom stereocenters. The van der Waals surface area contributed by atoms with Crippen molar-refractivity contribution in [1.82, 2.24) is 0 Å².